The molecule has 0 saturated carbocycles. The van der Waals surface area contributed by atoms with Crippen molar-refractivity contribution in [3.8, 4) is 11.3 Å². The van der Waals surface area contributed by atoms with E-state index >= 15 is 0 Å². The van der Waals surface area contributed by atoms with Gasteiger partial charge in [-0.3, -0.25) is 4.98 Å². The lowest BCUT2D eigenvalue weighted by Crippen LogP contribution is -2.21. The van der Waals surface area contributed by atoms with Crippen molar-refractivity contribution in [2.75, 3.05) is 6.61 Å². The van der Waals surface area contributed by atoms with E-state index in [4.69, 9.17) is 26.3 Å². The average Bonchev–Trinajstić information content (AvgIpc) is 2.83. The Morgan fingerprint density at radius 2 is 1.76 bits per heavy atom. The highest BCUT2D eigenvalue weighted by Crippen LogP contribution is 2.38. The van der Waals surface area contributed by atoms with Crippen LogP contribution in [0.5, 0.6) is 0 Å². The zero-order valence-electron chi connectivity index (χ0n) is 18.9. The first-order valence-corrected chi connectivity index (χ1v) is 11.4. The van der Waals surface area contributed by atoms with E-state index in [1.165, 1.54) is 12.1 Å². The van der Waals surface area contributed by atoms with Crippen LogP contribution >= 0.6 is 11.6 Å². The summed E-state index contributed by atoms with van der Waals surface area (Å²) < 4.78 is 35.3. The summed E-state index contributed by atoms with van der Waals surface area (Å²) in [4.78, 5) is 22.8. The van der Waals surface area contributed by atoms with E-state index in [9.17, 15) is 8.78 Å². The van der Waals surface area contributed by atoms with Crippen LogP contribution in [0.15, 0.2) is 30.5 Å². The van der Waals surface area contributed by atoms with Gasteiger partial charge in [0.05, 0.1) is 22.5 Å². The standard InChI is InChI=1S/C25H22ClF2N5O/c1-12-10-15(6-8-29-12)19-11-16(7-9-34-19)24-32-22(17-4-5-18(26)21(28)20(17)27)23-25(33-24)31-14(3)13(2)30-23/h4-6,8,10,16,19H,7,9,11H2,1-3H3/t16-,19-/m0/s1. The van der Waals surface area contributed by atoms with Gasteiger partial charge >= 0.3 is 0 Å². The van der Waals surface area contributed by atoms with Crippen molar-refractivity contribution in [3.63, 3.8) is 0 Å². The molecule has 0 N–H and O–H groups in total. The van der Waals surface area contributed by atoms with Gasteiger partial charge in [-0.05, 0) is 63.4 Å². The Kier molecular flexibility index (Phi) is 5.95. The van der Waals surface area contributed by atoms with Gasteiger partial charge in [-0.15, -0.1) is 0 Å². The number of benzene rings is 1. The maximum Gasteiger partial charge on any atom is 0.182 e. The molecule has 5 rings (SSSR count). The minimum atomic E-state index is -1.12. The van der Waals surface area contributed by atoms with Gasteiger partial charge in [0.25, 0.3) is 0 Å². The number of fused-ring (bicyclic) bond motifs is 1. The summed E-state index contributed by atoms with van der Waals surface area (Å²) in [6, 6.07) is 6.67. The molecule has 0 unspecified atom stereocenters. The number of halogens is 3. The Bertz CT molecular complexity index is 1410. The number of hydrogen-bond acceptors (Lipinski definition) is 6. The number of ether oxygens (including phenoxy) is 1. The van der Waals surface area contributed by atoms with Crippen molar-refractivity contribution in [3.05, 3.63) is 75.6 Å². The molecule has 0 radical (unpaired) electrons. The topological polar surface area (TPSA) is 73.7 Å². The van der Waals surface area contributed by atoms with Gasteiger partial charge < -0.3 is 4.74 Å². The Balaban J connectivity index is 1.64. The number of hydrogen-bond donors (Lipinski definition) is 0. The molecule has 174 valence electrons. The minimum absolute atomic E-state index is 0.0264. The average molecular weight is 482 g/mol. The van der Waals surface area contributed by atoms with Crippen molar-refractivity contribution < 1.29 is 13.5 Å². The number of rotatable bonds is 3. The summed E-state index contributed by atoms with van der Waals surface area (Å²) in [7, 11) is 0. The monoisotopic (exact) mass is 481 g/mol. The molecule has 1 saturated heterocycles. The fourth-order valence-electron chi connectivity index (χ4n) is 4.24. The van der Waals surface area contributed by atoms with Gasteiger partial charge in [0, 0.05) is 30.0 Å². The minimum Gasteiger partial charge on any atom is -0.373 e. The second-order valence-electron chi connectivity index (χ2n) is 8.53. The van der Waals surface area contributed by atoms with Crippen LogP contribution < -0.4 is 0 Å². The zero-order valence-corrected chi connectivity index (χ0v) is 19.7. The van der Waals surface area contributed by atoms with E-state index in [-0.39, 0.29) is 28.3 Å². The second-order valence-corrected chi connectivity index (χ2v) is 8.94. The van der Waals surface area contributed by atoms with Gasteiger partial charge in [0.2, 0.25) is 0 Å². The maximum absolute atomic E-state index is 15.0. The molecule has 6 nitrogen and oxygen atoms in total. The summed E-state index contributed by atoms with van der Waals surface area (Å²) >= 11 is 5.78. The molecule has 3 aromatic heterocycles. The number of nitrogens with zero attached hydrogens (tertiary/aromatic N) is 5. The molecule has 1 aliphatic rings. The Hall–Kier alpha value is -3.10. The van der Waals surface area contributed by atoms with Crippen molar-refractivity contribution >= 4 is 22.8 Å². The SMILES string of the molecule is Cc1cc([C@@H]2C[C@@H](c3nc(-c4ccc(Cl)c(F)c4F)c4nc(C)c(C)nc4n3)CCO2)ccn1. The van der Waals surface area contributed by atoms with E-state index in [0.29, 0.717) is 47.8 Å². The van der Waals surface area contributed by atoms with Crippen LogP contribution in [0, 0.1) is 32.4 Å². The van der Waals surface area contributed by atoms with E-state index in [2.05, 4.69) is 15.0 Å². The smallest absolute Gasteiger partial charge is 0.182 e. The van der Waals surface area contributed by atoms with E-state index < -0.39 is 11.6 Å². The van der Waals surface area contributed by atoms with Crippen LogP contribution in [0.3, 0.4) is 0 Å². The summed E-state index contributed by atoms with van der Waals surface area (Å²) in [6.07, 6.45) is 2.96. The summed E-state index contributed by atoms with van der Waals surface area (Å²) in [5.41, 5.74) is 4.17. The molecule has 0 bridgehead atoms. The molecular weight excluding hydrogens is 460 g/mol. The molecule has 4 aromatic rings. The maximum atomic E-state index is 15.0. The van der Waals surface area contributed by atoms with Crippen molar-refractivity contribution in [2.24, 2.45) is 0 Å². The number of aromatic nitrogens is 5. The Labute approximate surface area is 200 Å². The third-order valence-electron chi connectivity index (χ3n) is 6.19. The van der Waals surface area contributed by atoms with Crippen LogP contribution in [0.1, 0.15) is 53.3 Å². The highest BCUT2D eigenvalue weighted by atomic mass is 35.5. The van der Waals surface area contributed by atoms with Crippen LogP contribution in [-0.4, -0.2) is 31.5 Å². The third-order valence-corrected chi connectivity index (χ3v) is 6.48. The van der Waals surface area contributed by atoms with E-state index in [1.807, 2.05) is 26.0 Å². The molecule has 4 heterocycles. The predicted molar refractivity (Wildman–Crippen MR) is 125 cm³/mol. The van der Waals surface area contributed by atoms with Gasteiger partial charge in [-0.1, -0.05) is 11.6 Å². The molecule has 0 spiro atoms. The fourth-order valence-corrected chi connectivity index (χ4v) is 4.39. The summed E-state index contributed by atoms with van der Waals surface area (Å²) in [6.45, 7) is 6.10. The van der Waals surface area contributed by atoms with Crippen molar-refractivity contribution in [2.45, 2.75) is 45.6 Å². The highest BCUT2D eigenvalue weighted by Gasteiger charge is 2.29. The van der Waals surface area contributed by atoms with Crippen LogP contribution in [0.2, 0.25) is 5.02 Å². The number of aryl methyl sites for hydroxylation is 3. The van der Waals surface area contributed by atoms with Gasteiger partial charge in [-0.25, -0.2) is 28.7 Å². The van der Waals surface area contributed by atoms with Gasteiger partial charge in [0.1, 0.15) is 17.0 Å². The van der Waals surface area contributed by atoms with E-state index in [0.717, 1.165) is 11.3 Å². The van der Waals surface area contributed by atoms with Gasteiger partial charge in [0.15, 0.2) is 17.3 Å². The third kappa shape index (κ3) is 4.12. The molecule has 0 aliphatic carbocycles. The van der Waals surface area contributed by atoms with Crippen molar-refractivity contribution in [1.29, 1.82) is 0 Å². The first kappa shape index (κ1) is 22.7. The molecule has 2 atom stereocenters. The predicted octanol–water partition coefficient (Wildman–Crippen LogP) is 5.97. The molecule has 0 amide bonds. The fraction of sp³-hybridized carbons (Fsp3) is 0.320. The van der Waals surface area contributed by atoms with Crippen LogP contribution in [0.25, 0.3) is 22.4 Å². The molecule has 1 aromatic carbocycles. The lowest BCUT2D eigenvalue weighted by molar-refractivity contribution is 0.00393. The summed E-state index contributed by atoms with van der Waals surface area (Å²) in [5.74, 6) is -1.74. The first-order chi connectivity index (χ1) is 16.3. The number of pyridine rings is 1. The molecule has 34 heavy (non-hydrogen) atoms. The molecule has 9 heteroatoms. The van der Waals surface area contributed by atoms with Gasteiger partial charge in [-0.2, -0.15) is 0 Å². The highest BCUT2D eigenvalue weighted by molar-refractivity contribution is 6.30. The normalized spacial score (nSPS) is 18.4. The first-order valence-electron chi connectivity index (χ1n) is 11.0. The Morgan fingerprint density at radius 1 is 0.971 bits per heavy atom. The van der Waals surface area contributed by atoms with Crippen LogP contribution in [-0.2, 0) is 4.74 Å². The quantitative estimate of drug-likeness (QED) is 0.335. The summed E-state index contributed by atoms with van der Waals surface area (Å²) in [5, 5.41) is -0.294. The largest absolute Gasteiger partial charge is 0.373 e. The molecular formula is C25H22ClF2N5O. The lowest BCUT2D eigenvalue weighted by Gasteiger charge is -2.29. The van der Waals surface area contributed by atoms with E-state index in [1.54, 1.807) is 13.1 Å². The lowest BCUT2D eigenvalue weighted by atomic mass is 9.91. The molecule has 1 fully saturated rings. The Morgan fingerprint density at radius 3 is 2.56 bits per heavy atom. The zero-order chi connectivity index (χ0) is 24.0. The second kappa shape index (κ2) is 8.92. The van der Waals surface area contributed by atoms with Crippen molar-refractivity contribution in [1.82, 2.24) is 24.9 Å². The van der Waals surface area contributed by atoms with Crippen LogP contribution in [0.4, 0.5) is 8.78 Å². The molecule has 1 aliphatic heterocycles.